The molecule has 0 aromatic heterocycles. The van der Waals surface area contributed by atoms with Gasteiger partial charge in [-0.2, -0.15) is 0 Å². The lowest BCUT2D eigenvalue weighted by Gasteiger charge is -2.33. The van der Waals surface area contributed by atoms with Gasteiger partial charge in [0.2, 0.25) is 5.91 Å². The minimum Gasteiger partial charge on any atom is -0.383 e. The number of rotatable bonds is 5. The number of hydrogen-bond donors (Lipinski definition) is 3. The first-order chi connectivity index (χ1) is 8.63. The summed E-state index contributed by atoms with van der Waals surface area (Å²) < 4.78 is 4.79. The molecule has 1 saturated heterocycles. The van der Waals surface area contributed by atoms with Crippen molar-refractivity contribution in [3.8, 4) is 0 Å². The molecule has 3 N–H and O–H groups in total. The number of amides is 3. The van der Waals surface area contributed by atoms with E-state index in [-0.39, 0.29) is 12.5 Å². The lowest BCUT2D eigenvalue weighted by molar-refractivity contribution is -0.121. The van der Waals surface area contributed by atoms with Gasteiger partial charge in [0.05, 0.1) is 13.2 Å². The van der Waals surface area contributed by atoms with Crippen molar-refractivity contribution in [3.63, 3.8) is 0 Å². The number of imide groups is 1. The first-order valence-corrected chi connectivity index (χ1v) is 6.15. The number of carbonyl (C=O) groups is 2. The highest BCUT2D eigenvalue weighted by molar-refractivity contribution is 5.95. The Labute approximate surface area is 107 Å². The molecular formula is C11H22N4O3. The van der Waals surface area contributed by atoms with Gasteiger partial charge in [0.25, 0.3) is 0 Å². The van der Waals surface area contributed by atoms with E-state index in [0.717, 1.165) is 19.6 Å². The zero-order valence-corrected chi connectivity index (χ0v) is 11.0. The second-order valence-electron chi connectivity index (χ2n) is 4.32. The van der Waals surface area contributed by atoms with Crippen LogP contribution in [0.5, 0.6) is 0 Å². The van der Waals surface area contributed by atoms with Crippen LogP contribution in [0.2, 0.25) is 0 Å². The van der Waals surface area contributed by atoms with E-state index in [1.807, 2.05) is 4.90 Å². The molecule has 0 unspecified atom stereocenters. The second-order valence-corrected chi connectivity index (χ2v) is 4.32. The lowest BCUT2D eigenvalue weighted by atomic mass is 10.2. The van der Waals surface area contributed by atoms with Crippen molar-refractivity contribution in [1.29, 1.82) is 0 Å². The third-order valence-electron chi connectivity index (χ3n) is 2.83. The van der Waals surface area contributed by atoms with Crippen LogP contribution in [-0.4, -0.2) is 69.3 Å². The number of urea groups is 1. The standard InChI is InChI=1S/C11H22N4O3/c1-9-7-12-3-5-15(9)8-10(16)14-11(17)13-4-6-18-2/h9,12H,3-8H2,1-2H3,(H2,13,14,16,17)/t9-/m0/s1. The van der Waals surface area contributed by atoms with Crippen LogP contribution < -0.4 is 16.0 Å². The summed E-state index contributed by atoms with van der Waals surface area (Å²) >= 11 is 0. The zero-order chi connectivity index (χ0) is 13.4. The van der Waals surface area contributed by atoms with Gasteiger partial charge in [-0.25, -0.2) is 4.79 Å². The van der Waals surface area contributed by atoms with E-state index in [0.29, 0.717) is 19.2 Å². The molecule has 7 heteroatoms. The Hall–Kier alpha value is -1.18. The van der Waals surface area contributed by atoms with E-state index in [4.69, 9.17) is 4.74 Å². The largest absolute Gasteiger partial charge is 0.383 e. The van der Waals surface area contributed by atoms with Gasteiger partial charge in [0, 0.05) is 39.3 Å². The lowest BCUT2D eigenvalue weighted by Crippen LogP contribution is -2.54. The monoisotopic (exact) mass is 258 g/mol. The van der Waals surface area contributed by atoms with Gasteiger partial charge in [-0.15, -0.1) is 0 Å². The van der Waals surface area contributed by atoms with Gasteiger partial charge in [-0.05, 0) is 6.92 Å². The van der Waals surface area contributed by atoms with Crippen LogP contribution in [-0.2, 0) is 9.53 Å². The fourth-order valence-corrected chi connectivity index (χ4v) is 1.78. The summed E-state index contributed by atoms with van der Waals surface area (Å²) in [6, 6.07) is -0.166. The smallest absolute Gasteiger partial charge is 0.321 e. The molecule has 1 aliphatic heterocycles. The first kappa shape index (κ1) is 14.9. The highest BCUT2D eigenvalue weighted by atomic mass is 16.5. The quantitative estimate of drug-likeness (QED) is 0.537. The van der Waals surface area contributed by atoms with E-state index >= 15 is 0 Å². The van der Waals surface area contributed by atoms with Crippen LogP contribution in [0.4, 0.5) is 4.79 Å². The summed E-state index contributed by atoms with van der Waals surface area (Å²) in [4.78, 5) is 25.0. The molecule has 3 amide bonds. The number of methoxy groups -OCH3 is 1. The van der Waals surface area contributed by atoms with E-state index in [1.165, 1.54) is 0 Å². The maximum atomic E-state index is 11.6. The molecule has 1 rings (SSSR count). The molecule has 1 fully saturated rings. The predicted molar refractivity (Wildman–Crippen MR) is 67.3 cm³/mol. The average molecular weight is 258 g/mol. The molecule has 104 valence electrons. The van der Waals surface area contributed by atoms with Crippen LogP contribution in [0.15, 0.2) is 0 Å². The summed E-state index contributed by atoms with van der Waals surface area (Å²) in [5, 5.41) is 8.08. The average Bonchev–Trinajstić information content (AvgIpc) is 2.32. The third kappa shape index (κ3) is 5.44. The van der Waals surface area contributed by atoms with E-state index in [1.54, 1.807) is 7.11 Å². The predicted octanol–water partition coefficient (Wildman–Crippen LogP) is -1.25. The Balaban J connectivity index is 2.21. The molecule has 0 bridgehead atoms. The molecule has 1 heterocycles. The van der Waals surface area contributed by atoms with E-state index < -0.39 is 6.03 Å². The molecule has 1 atom stereocenters. The van der Waals surface area contributed by atoms with Gasteiger partial charge >= 0.3 is 6.03 Å². The minimum absolute atomic E-state index is 0.251. The number of hydrogen-bond acceptors (Lipinski definition) is 5. The molecule has 0 saturated carbocycles. The van der Waals surface area contributed by atoms with Crippen molar-refractivity contribution in [2.75, 3.05) is 46.4 Å². The summed E-state index contributed by atoms with van der Waals surface area (Å²) in [5.41, 5.74) is 0. The summed E-state index contributed by atoms with van der Waals surface area (Å²) in [7, 11) is 1.55. The highest BCUT2D eigenvalue weighted by Crippen LogP contribution is 2.00. The van der Waals surface area contributed by atoms with Gasteiger partial charge in [-0.3, -0.25) is 15.0 Å². The van der Waals surface area contributed by atoms with Crippen LogP contribution in [0.1, 0.15) is 6.92 Å². The number of carbonyl (C=O) groups excluding carboxylic acids is 2. The number of nitrogens with one attached hydrogen (secondary N) is 3. The van der Waals surface area contributed by atoms with E-state index in [2.05, 4.69) is 22.9 Å². The Morgan fingerprint density at radius 2 is 2.28 bits per heavy atom. The van der Waals surface area contributed by atoms with Crippen molar-refractivity contribution in [2.45, 2.75) is 13.0 Å². The zero-order valence-electron chi connectivity index (χ0n) is 11.0. The number of ether oxygens (including phenoxy) is 1. The van der Waals surface area contributed by atoms with E-state index in [9.17, 15) is 9.59 Å². The summed E-state index contributed by atoms with van der Waals surface area (Å²) in [6.45, 7) is 5.68. The van der Waals surface area contributed by atoms with Crippen molar-refractivity contribution < 1.29 is 14.3 Å². The van der Waals surface area contributed by atoms with Crippen LogP contribution in [0.3, 0.4) is 0 Å². The maximum absolute atomic E-state index is 11.6. The van der Waals surface area contributed by atoms with Crippen LogP contribution >= 0.6 is 0 Å². The Kier molecular flexibility index (Phi) is 6.63. The van der Waals surface area contributed by atoms with Crippen molar-refractivity contribution in [2.24, 2.45) is 0 Å². The topological polar surface area (TPSA) is 82.7 Å². The SMILES string of the molecule is COCCNC(=O)NC(=O)CN1CCNC[C@@H]1C. The number of nitrogens with zero attached hydrogens (tertiary/aromatic N) is 1. The molecular weight excluding hydrogens is 236 g/mol. The molecule has 0 aliphatic carbocycles. The minimum atomic E-state index is -0.472. The third-order valence-corrected chi connectivity index (χ3v) is 2.83. The maximum Gasteiger partial charge on any atom is 0.321 e. The fourth-order valence-electron chi connectivity index (χ4n) is 1.78. The van der Waals surface area contributed by atoms with Gasteiger partial charge < -0.3 is 15.4 Å². The highest BCUT2D eigenvalue weighted by Gasteiger charge is 2.20. The fraction of sp³-hybridized carbons (Fsp3) is 0.818. The Bertz CT molecular complexity index is 285. The van der Waals surface area contributed by atoms with Crippen molar-refractivity contribution >= 4 is 11.9 Å². The molecule has 1 aliphatic rings. The summed E-state index contributed by atoms with van der Waals surface area (Å²) in [5.74, 6) is -0.279. The van der Waals surface area contributed by atoms with Gasteiger partial charge in [0.1, 0.15) is 0 Å². The summed E-state index contributed by atoms with van der Waals surface area (Å²) in [6.07, 6.45) is 0. The molecule has 0 radical (unpaired) electrons. The van der Waals surface area contributed by atoms with Gasteiger partial charge in [0.15, 0.2) is 0 Å². The number of piperazine rings is 1. The Morgan fingerprint density at radius 1 is 1.50 bits per heavy atom. The molecule has 18 heavy (non-hydrogen) atoms. The second kappa shape index (κ2) is 8.02. The molecule has 7 nitrogen and oxygen atoms in total. The first-order valence-electron chi connectivity index (χ1n) is 6.15. The normalized spacial score (nSPS) is 20.4. The molecule has 0 aromatic carbocycles. The van der Waals surface area contributed by atoms with Crippen molar-refractivity contribution in [3.05, 3.63) is 0 Å². The Morgan fingerprint density at radius 3 is 2.94 bits per heavy atom. The van der Waals surface area contributed by atoms with Crippen molar-refractivity contribution in [1.82, 2.24) is 20.9 Å². The molecule has 0 aromatic rings. The van der Waals surface area contributed by atoms with Crippen LogP contribution in [0, 0.1) is 0 Å². The van der Waals surface area contributed by atoms with Crippen LogP contribution in [0.25, 0.3) is 0 Å². The van der Waals surface area contributed by atoms with Gasteiger partial charge in [-0.1, -0.05) is 0 Å². The molecule has 0 spiro atoms.